The molecule has 0 atom stereocenters. The number of hydrogen-bond acceptors (Lipinski definition) is 5. The van der Waals surface area contributed by atoms with Crippen LogP contribution in [0.4, 0.5) is 0 Å². The predicted molar refractivity (Wildman–Crippen MR) is 74.1 cm³/mol. The van der Waals surface area contributed by atoms with Crippen LogP contribution in [0.25, 0.3) is 11.4 Å². The average molecular weight is 276 g/mol. The van der Waals surface area contributed by atoms with E-state index in [0.29, 0.717) is 11.7 Å². The van der Waals surface area contributed by atoms with E-state index in [1.807, 2.05) is 23.9 Å². The van der Waals surface area contributed by atoms with E-state index in [2.05, 4.69) is 29.2 Å². The van der Waals surface area contributed by atoms with Crippen LogP contribution >= 0.6 is 11.8 Å². The van der Waals surface area contributed by atoms with Gasteiger partial charge in [-0.1, -0.05) is 12.1 Å². The van der Waals surface area contributed by atoms with Crippen molar-refractivity contribution >= 4 is 11.8 Å². The lowest BCUT2D eigenvalue weighted by molar-refractivity contribution is 0.0625. The summed E-state index contributed by atoms with van der Waals surface area (Å²) in [4.78, 5) is 5.66. The van der Waals surface area contributed by atoms with E-state index in [1.165, 1.54) is 4.90 Å². The molecule has 19 heavy (non-hydrogen) atoms. The summed E-state index contributed by atoms with van der Waals surface area (Å²) in [6.45, 7) is 2.14. The topological polar surface area (TPSA) is 59.2 Å². The van der Waals surface area contributed by atoms with Crippen molar-refractivity contribution < 1.29 is 9.63 Å². The SMILES string of the molecule is CCSc1ccc(-c2noc(C3CC(O)C3)n2)cc1. The van der Waals surface area contributed by atoms with Gasteiger partial charge in [0.1, 0.15) is 0 Å². The van der Waals surface area contributed by atoms with Crippen LogP contribution in [0.5, 0.6) is 0 Å². The monoisotopic (exact) mass is 276 g/mol. The van der Waals surface area contributed by atoms with Gasteiger partial charge in [0.05, 0.1) is 6.10 Å². The Morgan fingerprint density at radius 1 is 1.32 bits per heavy atom. The normalized spacial score (nSPS) is 22.2. The fraction of sp³-hybridized carbons (Fsp3) is 0.429. The fourth-order valence-electron chi connectivity index (χ4n) is 2.17. The molecule has 5 heteroatoms. The molecule has 4 nitrogen and oxygen atoms in total. The number of aliphatic hydroxyl groups is 1. The third kappa shape index (κ3) is 2.67. The minimum atomic E-state index is -0.203. The van der Waals surface area contributed by atoms with Gasteiger partial charge in [-0.15, -0.1) is 11.8 Å². The van der Waals surface area contributed by atoms with Crippen LogP contribution < -0.4 is 0 Å². The Morgan fingerprint density at radius 2 is 2.05 bits per heavy atom. The molecule has 3 rings (SSSR count). The van der Waals surface area contributed by atoms with Gasteiger partial charge in [-0.3, -0.25) is 0 Å². The predicted octanol–water partition coefficient (Wildman–Crippen LogP) is 3.09. The zero-order valence-corrected chi connectivity index (χ0v) is 11.6. The van der Waals surface area contributed by atoms with E-state index in [0.717, 1.165) is 24.2 Å². The van der Waals surface area contributed by atoms with Crippen LogP contribution in [0.2, 0.25) is 0 Å². The summed E-state index contributed by atoms with van der Waals surface area (Å²) in [6, 6.07) is 8.18. The summed E-state index contributed by atoms with van der Waals surface area (Å²) in [5.74, 6) is 2.57. The average Bonchev–Trinajstić information content (AvgIpc) is 2.85. The molecule has 0 bridgehead atoms. The highest BCUT2D eigenvalue weighted by molar-refractivity contribution is 7.99. The zero-order valence-electron chi connectivity index (χ0n) is 10.7. The molecule has 1 aromatic carbocycles. The summed E-state index contributed by atoms with van der Waals surface area (Å²) in [5, 5.41) is 13.3. The van der Waals surface area contributed by atoms with Crippen molar-refractivity contribution in [2.24, 2.45) is 0 Å². The molecule has 1 fully saturated rings. The van der Waals surface area contributed by atoms with E-state index in [1.54, 1.807) is 0 Å². The number of rotatable bonds is 4. The van der Waals surface area contributed by atoms with E-state index in [9.17, 15) is 5.11 Å². The Kier molecular flexibility index (Phi) is 3.57. The third-order valence-corrected chi connectivity index (χ3v) is 4.22. The number of nitrogens with zero attached hydrogens (tertiary/aromatic N) is 2. The summed E-state index contributed by atoms with van der Waals surface area (Å²) in [7, 11) is 0. The molecule has 0 unspecified atom stereocenters. The molecule has 2 aromatic rings. The summed E-state index contributed by atoms with van der Waals surface area (Å²) in [5.41, 5.74) is 0.968. The van der Waals surface area contributed by atoms with Crippen LogP contribution in [0.3, 0.4) is 0 Å². The van der Waals surface area contributed by atoms with E-state index >= 15 is 0 Å². The molecule has 100 valence electrons. The quantitative estimate of drug-likeness (QED) is 0.870. The highest BCUT2D eigenvalue weighted by Crippen LogP contribution is 2.36. The maximum atomic E-state index is 9.29. The van der Waals surface area contributed by atoms with Gasteiger partial charge in [0.25, 0.3) is 0 Å². The minimum absolute atomic E-state index is 0.203. The Bertz CT molecular complexity index is 547. The number of aliphatic hydroxyl groups excluding tert-OH is 1. The smallest absolute Gasteiger partial charge is 0.230 e. The van der Waals surface area contributed by atoms with Crippen molar-refractivity contribution in [1.82, 2.24) is 10.1 Å². The number of hydrogen-bond donors (Lipinski definition) is 1. The lowest BCUT2D eigenvalue weighted by atomic mass is 9.82. The summed E-state index contributed by atoms with van der Waals surface area (Å²) in [6.07, 6.45) is 1.26. The van der Waals surface area contributed by atoms with Gasteiger partial charge in [-0.05, 0) is 42.9 Å². The maximum Gasteiger partial charge on any atom is 0.230 e. The van der Waals surface area contributed by atoms with Crippen LogP contribution in [-0.2, 0) is 0 Å². The van der Waals surface area contributed by atoms with Crippen LogP contribution in [0, 0.1) is 0 Å². The van der Waals surface area contributed by atoms with Gasteiger partial charge in [0, 0.05) is 16.4 Å². The van der Waals surface area contributed by atoms with Crippen LogP contribution in [0.15, 0.2) is 33.7 Å². The Balaban J connectivity index is 1.74. The Morgan fingerprint density at radius 3 is 2.68 bits per heavy atom. The molecule has 0 saturated heterocycles. The van der Waals surface area contributed by atoms with Gasteiger partial charge in [0.2, 0.25) is 11.7 Å². The molecule has 0 aliphatic heterocycles. The molecule has 1 heterocycles. The Hall–Kier alpha value is -1.33. The van der Waals surface area contributed by atoms with E-state index in [-0.39, 0.29) is 12.0 Å². The molecule has 0 amide bonds. The molecule has 1 aliphatic carbocycles. The first-order chi connectivity index (χ1) is 9.26. The van der Waals surface area contributed by atoms with Gasteiger partial charge < -0.3 is 9.63 Å². The van der Waals surface area contributed by atoms with Crippen LogP contribution in [-0.4, -0.2) is 27.1 Å². The molecule has 1 aliphatic rings. The Labute approximate surface area is 116 Å². The van der Waals surface area contributed by atoms with Crippen molar-refractivity contribution in [3.63, 3.8) is 0 Å². The molecular weight excluding hydrogens is 260 g/mol. The second-order valence-corrected chi connectivity index (χ2v) is 6.07. The largest absolute Gasteiger partial charge is 0.393 e. The lowest BCUT2D eigenvalue weighted by Gasteiger charge is -2.27. The standard InChI is InChI=1S/C14H16N2O2S/c1-2-19-12-5-3-9(4-6-12)13-15-14(18-16-13)10-7-11(17)8-10/h3-6,10-11,17H,2,7-8H2,1H3. The fourth-order valence-corrected chi connectivity index (χ4v) is 2.84. The first kappa shape index (κ1) is 12.7. The van der Waals surface area contributed by atoms with Gasteiger partial charge in [0.15, 0.2) is 0 Å². The highest BCUT2D eigenvalue weighted by Gasteiger charge is 2.33. The molecule has 1 N–H and O–H groups in total. The highest BCUT2D eigenvalue weighted by atomic mass is 32.2. The zero-order chi connectivity index (χ0) is 13.2. The van der Waals surface area contributed by atoms with Gasteiger partial charge >= 0.3 is 0 Å². The van der Waals surface area contributed by atoms with Crippen molar-refractivity contribution in [1.29, 1.82) is 0 Å². The van der Waals surface area contributed by atoms with Crippen molar-refractivity contribution in [3.8, 4) is 11.4 Å². The van der Waals surface area contributed by atoms with Crippen molar-refractivity contribution in [3.05, 3.63) is 30.2 Å². The molecule has 0 spiro atoms. The summed E-state index contributed by atoms with van der Waals surface area (Å²) >= 11 is 1.81. The van der Waals surface area contributed by atoms with Crippen molar-refractivity contribution in [2.75, 3.05) is 5.75 Å². The second kappa shape index (κ2) is 5.35. The van der Waals surface area contributed by atoms with Crippen molar-refractivity contribution in [2.45, 2.75) is 36.7 Å². The maximum absolute atomic E-state index is 9.29. The number of aromatic nitrogens is 2. The second-order valence-electron chi connectivity index (χ2n) is 4.74. The van der Waals surface area contributed by atoms with Crippen LogP contribution in [0.1, 0.15) is 31.6 Å². The van der Waals surface area contributed by atoms with E-state index < -0.39 is 0 Å². The van der Waals surface area contributed by atoms with Gasteiger partial charge in [-0.25, -0.2) is 0 Å². The molecule has 1 aromatic heterocycles. The first-order valence-electron chi connectivity index (χ1n) is 6.51. The molecule has 1 saturated carbocycles. The van der Waals surface area contributed by atoms with Gasteiger partial charge in [-0.2, -0.15) is 4.98 Å². The lowest BCUT2D eigenvalue weighted by Crippen LogP contribution is -2.26. The molecule has 0 radical (unpaired) electrons. The molecular formula is C14H16N2O2S. The van der Waals surface area contributed by atoms with E-state index in [4.69, 9.17) is 4.52 Å². The number of benzene rings is 1. The minimum Gasteiger partial charge on any atom is -0.393 e. The third-order valence-electron chi connectivity index (χ3n) is 3.33. The number of thioether (sulfide) groups is 1. The summed E-state index contributed by atoms with van der Waals surface area (Å²) < 4.78 is 5.27. The first-order valence-corrected chi connectivity index (χ1v) is 7.49.